The van der Waals surface area contributed by atoms with Crippen LogP contribution >= 0.6 is 11.6 Å². The third kappa shape index (κ3) is 4.85. The van der Waals surface area contributed by atoms with E-state index in [0.717, 1.165) is 5.56 Å². The largest absolute Gasteiger partial charge is 0.402 e. The molecule has 3 rings (SSSR count). The lowest BCUT2D eigenvalue weighted by molar-refractivity contribution is 0.0718. The standard InChI is InChI=1S/C21H16ClNO4S/c1-15-7-13-19(14-8-15)28(25,26)23-20(16-9-11-18(22)12-10-16)27-21(24)17-5-3-2-4-6-17/h2-14H,1H3. The fraction of sp³-hybridized carbons (Fsp3) is 0.0476. The highest BCUT2D eigenvalue weighted by Crippen LogP contribution is 2.18. The number of hydrogen-bond acceptors (Lipinski definition) is 4. The van der Waals surface area contributed by atoms with Crippen LogP contribution in [0.15, 0.2) is 88.2 Å². The number of nitrogens with zero attached hydrogens (tertiary/aromatic N) is 1. The van der Waals surface area contributed by atoms with Crippen LogP contribution in [0.25, 0.3) is 0 Å². The Hall–Kier alpha value is -2.96. The van der Waals surface area contributed by atoms with Crippen molar-refractivity contribution in [2.24, 2.45) is 4.40 Å². The number of aryl methyl sites for hydroxylation is 1. The lowest BCUT2D eigenvalue weighted by atomic mass is 10.2. The number of halogens is 1. The zero-order chi connectivity index (χ0) is 20.1. The maximum Gasteiger partial charge on any atom is 0.344 e. The van der Waals surface area contributed by atoms with Gasteiger partial charge in [-0.3, -0.25) is 0 Å². The topological polar surface area (TPSA) is 72.8 Å². The van der Waals surface area contributed by atoms with Crippen LogP contribution in [0, 0.1) is 6.92 Å². The molecule has 0 N–H and O–H groups in total. The van der Waals surface area contributed by atoms with Crippen LogP contribution in [0.1, 0.15) is 21.5 Å². The van der Waals surface area contributed by atoms with Gasteiger partial charge in [0.05, 0.1) is 10.5 Å². The summed E-state index contributed by atoms with van der Waals surface area (Å²) in [5.74, 6) is -1.04. The second kappa shape index (κ2) is 8.37. The van der Waals surface area contributed by atoms with Crippen molar-refractivity contribution in [3.63, 3.8) is 0 Å². The lowest BCUT2D eigenvalue weighted by Gasteiger charge is -2.09. The Balaban J connectivity index is 2.02. The van der Waals surface area contributed by atoms with Gasteiger partial charge in [-0.05, 0) is 55.5 Å². The number of sulfonamides is 1. The molecule has 0 radical (unpaired) electrons. The van der Waals surface area contributed by atoms with Gasteiger partial charge in [-0.2, -0.15) is 8.42 Å². The SMILES string of the molecule is Cc1ccc(S(=O)(=O)N=C(OC(=O)c2ccccc2)c2ccc(Cl)cc2)cc1. The van der Waals surface area contributed by atoms with Crippen molar-refractivity contribution in [3.8, 4) is 0 Å². The first-order valence-corrected chi connectivity index (χ1v) is 10.1. The first-order chi connectivity index (χ1) is 13.3. The highest BCUT2D eigenvalue weighted by atomic mass is 35.5. The summed E-state index contributed by atoms with van der Waals surface area (Å²) in [6.45, 7) is 1.85. The van der Waals surface area contributed by atoms with E-state index in [2.05, 4.69) is 4.40 Å². The molecule has 28 heavy (non-hydrogen) atoms. The highest BCUT2D eigenvalue weighted by molar-refractivity contribution is 7.90. The van der Waals surface area contributed by atoms with Gasteiger partial charge in [0.1, 0.15) is 0 Å². The molecule has 0 spiro atoms. The molecule has 0 unspecified atom stereocenters. The van der Waals surface area contributed by atoms with Gasteiger partial charge in [-0.25, -0.2) is 4.79 Å². The van der Waals surface area contributed by atoms with Gasteiger partial charge in [0, 0.05) is 10.6 Å². The summed E-state index contributed by atoms with van der Waals surface area (Å²) in [6, 6.07) is 20.7. The van der Waals surface area contributed by atoms with Crippen LogP contribution in [0.3, 0.4) is 0 Å². The van der Waals surface area contributed by atoms with Gasteiger partial charge >= 0.3 is 5.97 Å². The van der Waals surface area contributed by atoms with E-state index in [1.165, 1.54) is 24.3 Å². The van der Waals surface area contributed by atoms with E-state index < -0.39 is 16.0 Å². The van der Waals surface area contributed by atoms with Crippen LogP contribution in [0.2, 0.25) is 5.02 Å². The summed E-state index contributed by atoms with van der Waals surface area (Å²) in [4.78, 5) is 12.4. The summed E-state index contributed by atoms with van der Waals surface area (Å²) in [5, 5.41) is 0.457. The quantitative estimate of drug-likeness (QED) is 0.355. The molecule has 0 fully saturated rings. The van der Waals surface area contributed by atoms with E-state index in [1.54, 1.807) is 54.6 Å². The molecular formula is C21H16ClNO4S. The summed E-state index contributed by atoms with van der Waals surface area (Å²) >= 11 is 5.90. The second-order valence-electron chi connectivity index (χ2n) is 5.95. The number of esters is 1. The van der Waals surface area contributed by atoms with Crippen LogP contribution < -0.4 is 0 Å². The summed E-state index contributed by atoms with van der Waals surface area (Å²) in [6.07, 6.45) is 0. The Morgan fingerprint density at radius 2 is 1.46 bits per heavy atom. The third-order valence-electron chi connectivity index (χ3n) is 3.81. The highest BCUT2D eigenvalue weighted by Gasteiger charge is 2.19. The van der Waals surface area contributed by atoms with Gasteiger partial charge in [0.25, 0.3) is 10.0 Å². The molecular weight excluding hydrogens is 398 g/mol. The molecule has 5 nitrogen and oxygen atoms in total. The van der Waals surface area contributed by atoms with Crippen molar-refractivity contribution in [3.05, 3.63) is 101 Å². The second-order valence-corrected chi connectivity index (χ2v) is 7.99. The predicted molar refractivity (Wildman–Crippen MR) is 108 cm³/mol. The molecule has 0 aliphatic heterocycles. The van der Waals surface area contributed by atoms with Crippen LogP contribution in [-0.4, -0.2) is 20.3 Å². The minimum Gasteiger partial charge on any atom is -0.402 e. The number of rotatable bonds is 4. The molecule has 7 heteroatoms. The molecule has 0 bridgehead atoms. The predicted octanol–water partition coefficient (Wildman–Crippen LogP) is 4.64. The fourth-order valence-electron chi connectivity index (χ4n) is 2.32. The monoisotopic (exact) mass is 413 g/mol. The van der Waals surface area contributed by atoms with Gasteiger partial charge < -0.3 is 4.74 Å². The fourth-order valence-corrected chi connectivity index (χ4v) is 3.39. The first kappa shape index (κ1) is 19.8. The molecule has 0 atom stereocenters. The molecule has 3 aromatic rings. The minimum absolute atomic E-state index is 0.000300. The maximum atomic E-state index is 12.7. The van der Waals surface area contributed by atoms with E-state index in [1.807, 2.05) is 6.92 Å². The molecule has 0 heterocycles. The van der Waals surface area contributed by atoms with Gasteiger partial charge in [0.2, 0.25) is 5.90 Å². The van der Waals surface area contributed by atoms with Crippen LogP contribution in [0.4, 0.5) is 0 Å². The van der Waals surface area contributed by atoms with E-state index in [0.29, 0.717) is 10.6 Å². The molecule has 0 aliphatic rings. The Morgan fingerprint density at radius 3 is 2.07 bits per heavy atom. The molecule has 0 saturated carbocycles. The normalized spacial score (nSPS) is 11.9. The first-order valence-electron chi connectivity index (χ1n) is 8.30. The summed E-state index contributed by atoms with van der Waals surface area (Å²) in [7, 11) is -4.08. The summed E-state index contributed by atoms with van der Waals surface area (Å²) < 4.78 is 34.5. The zero-order valence-electron chi connectivity index (χ0n) is 14.9. The number of hydrogen-bond donors (Lipinski definition) is 0. The van der Waals surface area contributed by atoms with Crippen LogP contribution in [0.5, 0.6) is 0 Å². The molecule has 0 aromatic heterocycles. The molecule has 0 aliphatic carbocycles. The number of ether oxygens (including phenoxy) is 1. The smallest absolute Gasteiger partial charge is 0.344 e. The van der Waals surface area contributed by atoms with Crippen molar-refractivity contribution in [1.29, 1.82) is 0 Å². The maximum absolute atomic E-state index is 12.7. The molecule has 0 amide bonds. The van der Waals surface area contributed by atoms with Crippen molar-refractivity contribution >= 4 is 33.5 Å². The van der Waals surface area contributed by atoms with Crippen LogP contribution in [-0.2, 0) is 14.8 Å². The molecule has 3 aromatic carbocycles. The average molecular weight is 414 g/mol. The lowest BCUT2D eigenvalue weighted by Crippen LogP contribution is -2.16. The van der Waals surface area contributed by atoms with Gasteiger partial charge in [-0.1, -0.05) is 47.5 Å². The number of benzene rings is 3. The minimum atomic E-state index is -4.08. The van der Waals surface area contributed by atoms with Gasteiger partial charge in [-0.15, -0.1) is 4.40 Å². The Morgan fingerprint density at radius 1 is 0.857 bits per heavy atom. The van der Waals surface area contributed by atoms with Crippen molar-refractivity contribution in [1.82, 2.24) is 0 Å². The molecule has 142 valence electrons. The zero-order valence-corrected chi connectivity index (χ0v) is 16.4. The van der Waals surface area contributed by atoms with E-state index in [-0.39, 0.29) is 16.4 Å². The third-order valence-corrected chi connectivity index (χ3v) is 5.34. The Bertz CT molecular complexity index is 1110. The average Bonchev–Trinajstić information content (AvgIpc) is 2.69. The van der Waals surface area contributed by atoms with Gasteiger partial charge in [0.15, 0.2) is 0 Å². The van der Waals surface area contributed by atoms with Crippen molar-refractivity contribution < 1.29 is 17.9 Å². The Kier molecular flexibility index (Phi) is 5.92. The molecule has 0 saturated heterocycles. The number of carbonyl (C=O) groups is 1. The number of carbonyl (C=O) groups excluding carboxylic acids is 1. The van der Waals surface area contributed by atoms with Crippen molar-refractivity contribution in [2.45, 2.75) is 11.8 Å². The summed E-state index contributed by atoms with van der Waals surface area (Å²) in [5.41, 5.74) is 1.50. The van der Waals surface area contributed by atoms with E-state index in [9.17, 15) is 13.2 Å². The Labute approximate surface area is 168 Å². The van der Waals surface area contributed by atoms with Crippen molar-refractivity contribution in [2.75, 3.05) is 0 Å². The van der Waals surface area contributed by atoms with E-state index in [4.69, 9.17) is 16.3 Å². The van der Waals surface area contributed by atoms with E-state index >= 15 is 0 Å².